The van der Waals surface area contributed by atoms with E-state index in [1.165, 1.54) is 16.5 Å². The van der Waals surface area contributed by atoms with E-state index in [0.29, 0.717) is 5.92 Å². The van der Waals surface area contributed by atoms with Crippen LogP contribution in [-0.4, -0.2) is 9.78 Å². The number of benzene rings is 1. The Labute approximate surface area is 97.3 Å². The van der Waals surface area contributed by atoms with Gasteiger partial charge in [-0.25, -0.2) is 0 Å². The van der Waals surface area contributed by atoms with Crippen LogP contribution in [0.15, 0.2) is 24.4 Å². The van der Waals surface area contributed by atoms with Crippen LogP contribution in [0, 0.1) is 0 Å². The maximum atomic E-state index is 4.53. The average molecular weight is 216 g/mol. The Morgan fingerprint density at radius 3 is 2.44 bits per heavy atom. The van der Waals surface area contributed by atoms with Crippen molar-refractivity contribution in [3.05, 3.63) is 30.0 Å². The Kier molecular flexibility index (Phi) is 2.53. The first-order valence-corrected chi connectivity index (χ1v) is 5.88. The zero-order valence-corrected chi connectivity index (χ0v) is 10.8. The highest BCUT2D eigenvalue weighted by atomic mass is 15.3. The molecule has 0 fully saturated rings. The van der Waals surface area contributed by atoms with E-state index >= 15 is 0 Å². The van der Waals surface area contributed by atoms with E-state index in [-0.39, 0.29) is 5.54 Å². The van der Waals surface area contributed by atoms with Gasteiger partial charge < -0.3 is 0 Å². The van der Waals surface area contributed by atoms with E-state index in [1.54, 1.807) is 0 Å². The highest BCUT2D eigenvalue weighted by Gasteiger charge is 2.18. The molecule has 2 aromatic rings. The molecule has 2 nitrogen and oxygen atoms in total. The van der Waals surface area contributed by atoms with Crippen molar-refractivity contribution in [3.63, 3.8) is 0 Å². The molecule has 16 heavy (non-hydrogen) atoms. The molecule has 1 aromatic carbocycles. The molecule has 0 aliphatic rings. The second kappa shape index (κ2) is 3.62. The molecule has 0 bridgehead atoms. The van der Waals surface area contributed by atoms with Gasteiger partial charge in [-0.05, 0) is 38.3 Å². The van der Waals surface area contributed by atoms with E-state index in [1.807, 2.05) is 6.20 Å². The molecular weight excluding hydrogens is 196 g/mol. The molecule has 0 unspecified atom stereocenters. The molecule has 0 spiro atoms. The topological polar surface area (TPSA) is 17.8 Å². The highest BCUT2D eigenvalue weighted by molar-refractivity contribution is 5.83. The molecule has 0 aliphatic carbocycles. The standard InChI is InChI=1S/C14H20N2/c1-10(2)11-7-6-8-13-12(11)9-15-16(13)14(3,4)5/h6-10H,1-5H3. The van der Waals surface area contributed by atoms with Crippen molar-refractivity contribution in [3.8, 4) is 0 Å². The molecule has 0 amide bonds. The maximum absolute atomic E-state index is 4.53. The number of fused-ring (bicyclic) bond motifs is 1. The fraction of sp³-hybridized carbons (Fsp3) is 0.500. The minimum Gasteiger partial charge on any atom is -0.260 e. The Balaban J connectivity index is 2.71. The monoisotopic (exact) mass is 216 g/mol. The zero-order valence-electron chi connectivity index (χ0n) is 10.8. The van der Waals surface area contributed by atoms with Gasteiger partial charge in [-0.15, -0.1) is 0 Å². The van der Waals surface area contributed by atoms with E-state index in [0.717, 1.165) is 0 Å². The minimum absolute atomic E-state index is 0.0390. The molecule has 0 saturated carbocycles. The molecule has 0 N–H and O–H groups in total. The predicted molar refractivity (Wildman–Crippen MR) is 68.8 cm³/mol. The third-order valence-corrected chi connectivity index (χ3v) is 2.90. The lowest BCUT2D eigenvalue weighted by atomic mass is 9.99. The third-order valence-electron chi connectivity index (χ3n) is 2.90. The normalized spacial score (nSPS) is 12.6. The molecule has 1 aromatic heterocycles. The van der Waals surface area contributed by atoms with Crippen molar-refractivity contribution < 1.29 is 0 Å². The Hall–Kier alpha value is -1.31. The van der Waals surface area contributed by atoms with Crippen LogP contribution in [0.2, 0.25) is 0 Å². The van der Waals surface area contributed by atoms with Gasteiger partial charge in [-0.2, -0.15) is 5.10 Å². The minimum atomic E-state index is 0.0390. The summed E-state index contributed by atoms with van der Waals surface area (Å²) in [6.07, 6.45) is 2.00. The Bertz CT molecular complexity index is 501. The molecule has 0 atom stereocenters. The summed E-state index contributed by atoms with van der Waals surface area (Å²) in [5.41, 5.74) is 2.66. The summed E-state index contributed by atoms with van der Waals surface area (Å²) in [4.78, 5) is 0. The van der Waals surface area contributed by atoms with Gasteiger partial charge in [0.1, 0.15) is 0 Å². The van der Waals surface area contributed by atoms with Crippen molar-refractivity contribution in [1.29, 1.82) is 0 Å². The van der Waals surface area contributed by atoms with Crippen LogP contribution >= 0.6 is 0 Å². The van der Waals surface area contributed by atoms with Crippen LogP contribution in [0.3, 0.4) is 0 Å². The lowest BCUT2D eigenvalue weighted by Gasteiger charge is -2.20. The lowest BCUT2D eigenvalue weighted by molar-refractivity contribution is 0.368. The molecule has 86 valence electrons. The fourth-order valence-corrected chi connectivity index (χ4v) is 2.11. The number of hydrogen-bond acceptors (Lipinski definition) is 1. The second-order valence-corrected chi connectivity index (χ2v) is 5.66. The van der Waals surface area contributed by atoms with Crippen LogP contribution in [0.4, 0.5) is 0 Å². The summed E-state index contributed by atoms with van der Waals surface area (Å²) in [7, 11) is 0. The van der Waals surface area contributed by atoms with E-state index < -0.39 is 0 Å². The molecule has 0 aliphatic heterocycles. The second-order valence-electron chi connectivity index (χ2n) is 5.66. The first-order valence-electron chi connectivity index (χ1n) is 5.88. The van der Waals surface area contributed by atoms with Gasteiger partial charge in [-0.1, -0.05) is 26.0 Å². The summed E-state index contributed by atoms with van der Waals surface area (Å²) in [5, 5.41) is 5.81. The first kappa shape index (κ1) is 11.2. The summed E-state index contributed by atoms with van der Waals surface area (Å²) in [6, 6.07) is 6.47. The molecule has 2 rings (SSSR count). The van der Waals surface area contributed by atoms with Gasteiger partial charge in [0.05, 0.1) is 17.3 Å². The van der Waals surface area contributed by atoms with Crippen LogP contribution in [-0.2, 0) is 5.54 Å². The van der Waals surface area contributed by atoms with Gasteiger partial charge in [0.2, 0.25) is 0 Å². The summed E-state index contributed by atoms with van der Waals surface area (Å²) < 4.78 is 2.11. The predicted octanol–water partition coefficient (Wildman–Crippen LogP) is 3.91. The van der Waals surface area contributed by atoms with Crippen molar-refractivity contribution >= 4 is 10.9 Å². The quantitative estimate of drug-likeness (QED) is 0.706. The summed E-state index contributed by atoms with van der Waals surface area (Å²) in [5.74, 6) is 0.543. The van der Waals surface area contributed by atoms with Crippen molar-refractivity contribution in [2.45, 2.75) is 46.1 Å². The maximum Gasteiger partial charge on any atom is 0.0691 e. The van der Waals surface area contributed by atoms with Gasteiger partial charge in [0.15, 0.2) is 0 Å². The van der Waals surface area contributed by atoms with Gasteiger partial charge in [0, 0.05) is 5.39 Å². The van der Waals surface area contributed by atoms with E-state index in [4.69, 9.17) is 0 Å². The average Bonchev–Trinajstić information content (AvgIpc) is 2.59. The SMILES string of the molecule is CC(C)c1cccc2c1cnn2C(C)(C)C. The van der Waals surface area contributed by atoms with Gasteiger partial charge in [-0.3, -0.25) is 4.68 Å². The fourth-order valence-electron chi connectivity index (χ4n) is 2.11. The Morgan fingerprint density at radius 2 is 1.88 bits per heavy atom. The largest absolute Gasteiger partial charge is 0.260 e. The smallest absolute Gasteiger partial charge is 0.0691 e. The van der Waals surface area contributed by atoms with E-state index in [2.05, 4.69) is 62.6 Å². The summed E-state index contributed by atoms with van der Waals surface area (Å²) >= 11 is 0. The number of rotatable bonds is 1. The molecular formula is C14H20N2. The van der Waals surface area contributed by atoms with Crippen molar-refractivity contribution in [1.82, 2.24) is 9.78 Å². The zero-order chi connectivity index (χ0) is 11.9. The van der Waals surface area contributed by atoms with Crippen LogP contribution in [0.5, 0.6) is 0 Å². The van der Waals surface area contributed by atoms with Crippen LogP contribution in [0.25, 0.3) is 10.9 Å². The van der Waals surface area contributed by atoms with Gasteiger partial charge in [0.25, 0.3) is 0 Å². The number of aromatic nitrogens is 2. The molecule has 1 heterocycles. The molecule has 2 heteroatoms. The number of nitrogens with zero attached hydrogens (tertiary/aromatic N) is 2. The van der Waals surface area contributed by atoms with Crippen LogP contribution in [0.1, 0.15) is 46.1 Å². The van der Waals surface area contributed by atoms with Gasteiger partial charge >= 0.3 is 0 Å². The first-order chi connectivity index (χ1) is 7.41. The lowest BCUT2D eigenvalue weighted by Crippen LogP contribution is -2.22. The number of hydrogen-bond donors (Lipinski definition) is 0. The van der Waals surface area contributed by atoms with E-state index in [9.17, 15) is 0 Å². The highest BCUT2D eigenvalue weighted by Crippen LogP contribution is 2.28. The molecule has 0 radical (unpaired) electrons. The van der Waals surface area contributed by atoms with Crippen molar-refractivity contribution in [2.75, 3.05) is 0 Å². The molecule has 0 saturated heterocycles. The van der Waals surface area contributed by atoms with Crippen LogP contribution < -0.4 is 0 Å². The summed E-state index contributed by atoms with van der Waals surface area (Å²) in [6.45, 7) is 11.0. The third kappa shape index (κ3) is 1.73. The van der Waals surface area contributed by atoms with Crippen molar-refractivity contribution in [2.24, 2.45) is 0 Å². The Morgan fingerprint density at radius 1 is 1.19 bits per heavy atom.